The Morgan fingerprint density at radius 3 is 2.92 bits per heavy atom. The standard InChI is InChI=1S/C19H19BrN4O/c1-12-10-15(19(25)22-14-7-5-6-13(20)11-14)17-18(21-12)24-9-4-2-3-8-16(24)23-17/h5-7,10-11H,2-4,8-9H2,1H3,(H,22,25). The number of imidazole rings is 1. The Balaban J connectivity index is 1.77. The second-order valence-electron chi connectivity index (χ2n) is 6.44. The number of anilines is 1. The molecule has 0 fully saturated rings. The van der Waals surface area contributed by atoms with Crippen LogP contribution in [0.1, 0.15) is 41.1 Å². The third kappa shape index (κ3) is 3.18. The largest absolute Gasteiger partial charge is 0.322 e. The summed E-state index contributed by atoms with van der Waals surface area (Å²) in [6.07, 6.45) is 4.44. The van der Waals surface area contributed by atoms with Gasteiger partial charge in [0.05, 0.1) is 5.56 Å². The molecule has 4 rings (SSSR count). The first kappa shape index (κ1) is 16.3. The van der Waals surface area contributed by atoms with Crippen LogP contribution in [0.5, 0.6) is 0 Å². The first-order chi connectivity index (χ1) is 12.1. The number of fused-ring (bicyclic) bond motifs is 3. The van der Waals surface area contributed by atoms with Crippen LogP contribution in [-0.4, -0.2) is 20.4 Å². The number of rotatable bonds is 2. The third-order valence-electron chi connectivity index (χ3n) is 4.52. The molecule has 0 atom stereocenters. The highest BCUT2D eigenvalue weighted by Gasteiger charge is 2.20. The van der Waals surface area contributed by atoms with E-state index in [1.807, 2.05) is 37.3 Å². The average Bonchev–Trinajstić information content (AvgIpc) is 2.76. The number of hydrogen-bond donors (Lipinski definition) is 1. The molecule has 3 heterocycles. The molecule has 5 nitrogen and oxygen atoms in total. The van der Waals surface area contributed by atoms with E-state index in [-0.39, 0.29) is 5.91 Å². The molecule has 1 aromatic carbocycles. The van der Waals surface area contributed by atoms with Gasteiger partial charge in [-0.05, 0) is 44.0 Å². The van der Waals surface area contributed by atoms with E-state index in [2.05, 4.69) is 30.8 Å². The van der Waals surface area contributed by atoms with Gasteiger partial charge in [0.25, 0.3) is 5.91 Å². The molecular weight excluding hydrogens is 380 g/mol. The van der Waals surface area contributed by atoms with Gasteiger partial charge in [-0.3, -0.25) is 4.79 Å². The maximum Gasteiger partial charge on any atom is 0.258 e. The Hall–Kier alpha value is -2.21. The molecule has 6 heteroatoms. The number of carbonyl (C=O) groups is 1. The number of aromatic nitrogens is 3. The van der Waals surface area contributed by atoms with Crippen LogP contribution in [0, 0.1) is 6.92 Å². The zero-order chi connectivity index (χ0) is 17.4. The number of nitrogens with one attached hydrogen (secondary N) is 1. The molecule has 1 amide bonds. The van der Waals surface area contributed by atoms with E-state index in [4.69, 9.17) is 4.98 Å². The second kappa shape index (κ2) is 6.59. The lowest BCUT2D eigenvalue weighted by molar-refractivity contribution is 0.102. The number of benzene rings is 1. The van der Waals surface area contributed by atoms with Crippen molar-refractivity contribution >= 4 is 38.7 Å². The van der Waals surface area contributed by atoms with E-state index >= 15 is 0 Å². The molecule has 0 aliphatic carbocycles. The number of halogens is 1. The number of carbonyl (C=O) groups excluding carboxylic acids is 1. The highest BCUT2D eigenvalue weighted by molar-refractivity contribution is 9.10. The van der Waals surface area contributed by atoms with Crippen molar-refractivity contribution in [3.05, 3.63) is 51.9 Å². The molecule has 0 saturated heterocycles. The molecule has 0 radical (unpaired) electrons. The Labute approximate surface area is 154 Å². The van der Waals surface area contributed by atoms with Crippen molar-refractivity contribution in [2.45, 2.75) is 39.2 Å². The van der Waals surface area contributed by atoms with Crippen molar-refractivity contribution in [3.63, 3.8) is 0 Å². The molecule has 128 valence electrons. The van der Waals surface area contributed by atoms with Gasteiger partial charge in [-0.1, -0.05) is 28.4 Å². The fourth-order valence-electron chi connectivity index (χ4n) is 3.35. The molecule has 1 aliphatic rings. The van der Waals surface area contributed by atoms with Gasteiger partial charge in [-0.15, -0.1) is 0 Å². The van der Waals surface area contributed by atoms with Crippen molar-refractivity contribution in [2.24, 2.45) is 0 Å². The molecule has 3 aromatic rings. The quantitative estimate of drug-likeness (QED) is 0.691. The maximum atomic E-state index is 12.9. The summed E-state index contributed by atoms with van der Waals surface area (Å²) in [5, 5.41) is 2.97. The van der Waals surface area contributed by atoms with Gasteiger partial charge in [-0.25, -0.2) is 9.97 Å². The number of amides is 1. The lowest BCUT2D eigenvalue weighted by Crippen LogP contribution is -2.13. The zero-order valence-corrected chi connectivity index (χ0v) is 15.6. The van der Waals surface area contributed by atoms with E-state index in [9.17, 15) is 4.79 Å². The van der Waals surface area contributed by atoms with Crippen molar-refractivity contribution < 1.29 is 4.79 Å². The third-order valence-corrected chi connectivity index (χ3v) is 5.01. The Morgan fingerprint density at radius 2 is 2.08 bits per heavy atom. The van der Waals surface area contributed by atoms with Gasteiger partial charge in [0.2, 0.25) is 0 Å². The van der Waals surface area contributed by atoms with Crippen LogP contribution in [0.15, 0.2) is 34.8 Å². The predicted molar refractivity (Wildman–Crippen MR) is 102 cm³/mol. The van der Waals surface area contributed by atoms with E-state index in [0.29, 0.717) is 11.1 Å². The SMILES string of the molecule is Cc1cc(C(=O)Nc2cccc(Br)c2)c2nc3n(c2n1)CCCCC3. The van der Waals surface area contributed by atoms with E-state index < -0.39 is 0 Å². The minimum atomic E-state index is -0.151. The second-order valence-corrected chi connectivity index (χ2v) is 7.35. The van der Waals surface area contributed by atoms with Crippen LogP contribution >= 0.6 is 15.9 Å². The average molecular weight is 399 g/mol. The molecule has 0 spiro atoms. The maximum absolute atomic E-state index is 12.9. The van der Waals surface area contributed by atoms with Crippen LogP contribution in [-0.2, 0) is 13.0 Å². The fourth-order valence-corrected chi connectivity index (χ4v) is 3.75. The molecular formula is C19H19BrN4O. The highest BCUT2D eigenvalue weighted by Crippen LogP contribution is 2.25. The lowest BCUT2D eigenvalue weighted by Gasteiger charge is -2.08. The molecule has 0 saturated carbocycles. The van der Waals surface area contributed by atoms with Crippen LogP contribution in [0.2, 0.25) is 0 Å². The summed E-state index contributed by atoms with van der Waals surface area (Å²) in [6, 6.07) is 9.40. The summed E-state index contributed by atoms with van der Waals surface area (Å²) in [7, 11) is 0. The van der Waals surface area contributed by atoms with Gasteiger partial charge < -0.3 is 9.88 Å². The highest BCUT2D eigenvalue weighted by atomic mass is 79.9. The summed E-state index contributed by atoms with van der Waals surface area (Å²) in [6.45, 7) is 2.85. The summed E-state index contributed by atoms with van der Waals surface area (Å²) in [5.41, 5.74) is 3.70. The van der Waals surface area contributed by atoms with Crippen LogP contribution in [0.3, 0.4) is 0 Å². The number of hydrogen-bond acceptors (Lipinski definition) is 3. The van der Waals surface area contributed by atoms with E-state index in [1.165, 1.54) is 6.42 Å². The number of nitrogens with zero attached hydrogens (tertiary/aromatic N) is 3. The molecule has 25 heavy (non-hydrogen) atoms. The smallest absolute Gasteiger partial charge is 0.258 e. The van der Waals surface area contributed by atoms with Gasteiger partial charge in [0.15, 0.2) is 5.65 Å². The first-order valence-electron chi connectivity index (χ1n) is 8.55. The Morgan fingerprint density at radius 1 is 1.20 bits per heavy atom. The van der Waals surface area contributed by atoms with Crippen LogP contribution in [0.25, 0.3) is 11.2 Å². The lowest BCUT2D eigenvalue weighted by atomic mass is 10.1. The molecule has 0 unspecified atom stereocenters. The predicted octanol–water partition coefficient (Wildman–Crippen LogP) is 4.48. The Kier molecular flexibility index (Phi) is 4.29. The van der Waals surface area contributed by atoms with Gasteiger partial charge in [0.1, 0.15) is 11.3 Å². The summed E-state index contributed by atoms with van der Waals surface area (Å²) < 4.78 is 3.11. The van der Waals surface area contributed by atoms with Crippen LogP contribution in [0.4, 0.5) is 5.69 Å². The van der Waals surface area contributed by atoms with Gasteiger partial charge in [0, 0.05) is 28.8 Å². The van der Waals surface area contributed by atoms with Crippen molar-refractivity contribution in [2.75, 3.05) is 5.32 Å². The Bertz CT molecular complexity index is 963. The fraction of sp³-hybridized carbons (Fsp3) is 0.316. The van der Waals surface area contributed by atoms with Crippen LogP contribution < -0.4 is 5.32 Å². The molecule has 0 bridgehead atoms. The molecule has 2 aromatic heterocycles. The van der Waals surface area contributed by atoms with Crippen molar-refractivity contribution in [1.29, 1.82) is 0 Å². The van der Waals surface area contributed by atoms with Gasteiger partial charge in [-0.2, -0.15) is 0 Å². The van der Waals surface area contributed by atoms with Crippen molar-refractivity contribution in [3.8, 4) is 0 Å². The zero-order valence-electron chi connectivity index (χ0n) is 14.1. The summed E-state index contributed by atoms with van der Waals surface area (Å²) in [5.74, 6) is 0.893. The molecule has 1 aliphatic heterocycles. The van der Waals surface area contributed by atoms with E-state index in [1.54, 1.807) is 0 Å². The molecule has 1 N–H and O–H groups in total. The monoisotopic (exact) mass is 398 g/mol. The number of pyridine rings is 1. The van der Waals surface area contributed by atoms with Gasteiger partial charge >= 0.3 is 0 Å². The minimum Gasteiger partial charge on any atom is -0.322 e. The summed E-state index contributed by atoms with van der Waals surface area (Å²) in [4.78, 5) is 22.3. The topological polar surface area (TPSA) is 59.8 Å². The van der Waals surface area contributed by atoms with Crippen molar-refractivity contribution in [1.82, 2.24) is 14.5 Å². The number of aryl methyl sites for hydroxylation is 3. The normalized spacial score (nSPS) is 14.2. The minimum absolute atomic E-state index is 0.151. The summed E-state index contributed by atoms with van der Waals surface area (Å²) >= 11 is 3.43. The van der Waals surface area contributed by atoms with E-state index in [0.717, 1.165) is 53.1 Å². The first-order valence-corrected chi connectivity index (χ1v) is 9.35.